The summed E-state index contributed by atoms with van der Waals surface area (Å²) >= 11 is 0. The van der Waals surface area contributed by atoms with Crippen LogP contribution in [0.4, 0.5) is 0 Å². The molecule has 1 aromatic carbocycles. The maximum absolute atomic E-state index is 10.6. The van der Waals surface area contributed by atoms with Crippen molar-refractivity contribution in [3.8, 4) is 0 Å². The molecule has 2 rings (SSSR count). The molecule has 0 saturated heterocycles. The number of benzene rings is 1. The van der Waals surface area contributed by atoms with Crippen LogP contribution in [0.15, 0.2) is 24.3 Å². The molecular weight excluding hydrogens is 220 g/mol. The van der Waals surface area contributed by atoms with Crippen molar-refractivity contribution in [1.29, 1.82) is 0 Å². The van der Waals surface area contributed by atoms with Gasteiger partial charge in [0.1, 0.15) is 6.29 Å². The second kappa shape index (κ2) is 6.72. The summed E-state index contributed by atoms with van der Waals surface area (Å²) in [5, 5.41) is 0. The van der Waals surface area contributed by atoms with Gasteiger partial charge in [-0.2, -0.15) is 0 Å². The molecule has 0 heterocycles. The molecule has 0 aliphatic heterocycles. The van der Waals surface area contributed by atoms with Crippen LogP contribution in [-0.2, 0) is 17.6 Å². The van der Waals surface area contributed by atoms with E-state index in [1.807, 2.05) is 6.92 Å². The zero-order valence-corrected chi connectivity index (χ0v) is 11.4. The van der Waals surface area contributed by atoms with E-state index in [9.17, 15) is 4.79 Å². The van der Waals surface area contributed by atoms with Crippen LogP contribution in [0.3, 0.4) is 0 Å². The minimum absolute atomic E-state index is 0.134. The number of hydrogen-bond acceptors (Lipinski definition) is 1. The Balaban J connectivity index is 1.88. The SMILES string of the molecule is CC(C=O)Cc1ccc(CC2CCCCC2)cc1. The summed E-state index contributed by atoms with van der Waals surface area (Å²) in [6.07, 6.45) is 10.2. The van der Waals surface area contributed by atoms with Crippen molar-refractivity contribution >= 4 is 6.29 Å². The first-order valence-electron chi connectivity index (χ1n) is 7.31. The molecule has 18 heavy (non-hydrogen) atoms. The normalized spacial score (nSPS) is 18.5. The van der Waals surface area contributed by atoms with Crippen molar-refractivity contribution in [1.82, 2.24) is 0 Å². The Morgan fingerprint density at radius 2 is 1.72 bits per heavy atom. The minimum atomic E-state index is 0.134. The maximum Gasteiger partial charge on any atom is 0.123 e. The molecule has 1 atom stereocenters. The Morgan fingerprint density at radius 1 is 1.11 bits per heavy atom. The van der Waals surface area contributed by atoms with E-state index in [2.05, 4.69) is 24.3 Å². The van der Waals surface area contributed by atoms with Crippen LogP contribution in [0, 0.1) is 11.8 Å². The van der Waals surface area contributed by atoms with E-state index in [0.717, 1.165) is 18.6 Å². The van der Waals surface area contributed by atoms with E-state index in [1.165, 1.54) is 49.7 Å². The molecule has 0 radical (unpaired) electrons. The number of rotatable bonds is 5. The van der Waals surface area contributed by atoms with Crippen molar-refractivity contribution < 1.29 is 4.79 Å². The topological polar surface area (TPSA) is 17.1 Å². The van der Waals surface area contributed by atoms with Gasteiger partial charge < -0.3 is 4.79 Å². The summed E-state index contributed by atoms with van der Waals surface area (Å²) < 4.78 is 0. The van der Waals surface area contributed by atoms with Crippen LogP contribution in [0.2, 0.25) is 0 Å². The minimum Gasteiger partial charge on any atom is -0.303 e. The predicted molar refractivity (Wildman–Crippen MR) is 75.7 cm³/mol. The molecule has 1 heteroatoms. The molecular formula is C17H24O. The van der Waals surface area contributed by atoms with Crippen LogP contribution < -0.4 is 0 Å². The fraction of sp³-hybridized carbons (Fsp3) is 0.588. The molecule has 0 aromatic heterocycles. The largest absolute Gasteiger partial charge is 0.303 e. The average Bonchev–Trinajstić information content (AvgIpc) is 2.42. The van der Waals surface area contributed by atoms with Crippen molar-refractivity contribution in [3.63, 3.8) is 0 Å². The molecule has 0 spiro atoms. The first-order chi connectivity index (χ1) is 8.78. The van der Waals surface area contributed by atoms with E-state index in [0.29, 0.717) is 0 Å². The standard InChI is InChI=1S/C17H24O/c1-14(13-18)11-16-7-9-17(10-8-16)12-15-5-3-2-4-6-15/h7-10,13-15H,2-6,11-12H2,1H3. The van der Waals surface area contributed by atoms with Gasteiger partial charge >= 0.3 is 0 Å². The van der Waals surface area contributed by atoms with Crippen molar-refractivity contribution in [2.75, 3.05) is 0 Å². The van der Waals surface area contributed by atoms with Crippen LogP contribution in [0.1, 0.15) is 50.2 Å². The van der Waals surface area contributed by atoms with Crippen molar-refractivity contribution in [2.24, 2.45) is 11.8 Å². The fourth-order valence-corrected chi connectivity index (χ4v) is 2.96. The third kappa shape index (κ3) is 3.97. The molecule has 1 aromatic rings. The van der Waals surface area contributed by atoms with E-state index in [4.69, 9.17) is 0 Å². The van der Waals surface area contributed by atoms with Crippen LogP contribution in [-0.4, -0.2) is 6.29 Å². The summed E-state index contributed by atoms with van der Waals surface area (Å²) in [7, 11) is 0. The van der Waals surface area contributed by atoms with Gasteiger partial charge in [-0.25, -0.2) is 0 Å². The van der Waals surface area contributed by atoms with E-state index >= 15 is 0 Å². The Bertz CT molecular complexity index is 360. The lowest BCUT2D eigenvalue weighted by molar-refractivity contribution is -0.110. The van der Waals surface area contributed by atoms with Gasteiger partial charge in [0.2, 0.25) is 0 Å². The van der Waals surface area contributed by atoms with Gasteiger partial charge in [0, 0.05) is 5.92 Å². The molecule has 1 saturated carbocycles. The Kier molecular flexibility index (Phi) is 4.98. The zero-order chi connectivity index (χ0) is 12.8. The number of carbonyl (C=O) groups is 1. The first kappa shape index (κ1) is 13.3. The predicted octanol–water partition coefficient (Wildman–Crippen LogP) is 4.19. The number of carbonyl (C=O) groups excluding carboxylic acids is 1. The number of hydrogen-bond donors (Lipinski definition) is 0. The molecule has 0 N–H and O–H groups in total. The molecule has 98 valence electrons. The third-order valence-electron chi connectivity index (χ3n) is 4.06. The third-order valence-corrected chi connectivity index (χ3v) is 4.06. The van der Waals surface area contributed by atoms with Gasteiger partial charge in [0.15, 0.2) is 0 Å². The highest BCUT2D eigenvalue weighted by Crippen LogP contribution is 2.26. The molecule has 1 unspecified atom stereocenters. The molecule has 1 aliphatic carbocycles. The molecule has 0 amide bonds. The van der Waals surface area contributed by atoms with E-state index < -0.39 is 0 Å². The average molecular weight is 244 g/mol. The van der Waals surface area contributed by atoms with Gasteiger partial charge in [-0.05, 0) is 29.9 Å². The lowest BCUT2D eigenvalue weighted by atomic mass is 9.84. The van der Waals surface area contributed by atoms with E-state index in [-0.39, 0.29) is 5.92 Å². The molecule has 1 nitrogen and oxygen atoms in total. The van der Waals surface area contributed by atoms with Crippen LogP contribution in [0.25, 0.3) is 0 Å². The molecule has 0 bridgehead atoms. The summed E-state index contributed by atoms with van der Waals surface area (Å²) in [4.78, 5) is 10.6. The smallest absolute Gasteiger partial charge is 0.123 e. The van der Waals surface area contributed by atoms with E-state index in [1.54, 1.807) is 0 Å². The summed E-state index contributed by atoms with van der Waals surface area (Å²) in [5.74, 6) is 1.03. The molecule has 1 aliphatic rings. The lowest BCUT2D eigenvalue weighted by Gasteiger charge is -2.21. The van der Waals surface area contributed by atoms with Gasteiger partial charge in [0.05, 0.1) is 0 Å². The zero-order valence-electron chi connectivity index (χ0n) is 11.4. The second-order valence-electron chi connectivity index (χ2n) is 5.84. The maximum atomic E-state index is 10.6. The van der Waals surface area contributed by atoms with Crippen molar-refractivity contribution in [2.45, 2.75) is 51.9 Å². The Hall–Kier alpha value is -1.11. The van der Waals surface area contributed by atoms with Crippen LogP contribution >= 0.6 is 0 Å². The highest BCUT2D eigenvalue weighted by atomic mass is 16.1. The van der Waals surface area contributed by atoms with Gasteiger partial charge in [-0.15, -0.1) is 0 Å². The van der Waals surface area contributed by atoms with Gasteiger partial charge in [-0.1, -0.05) is 63.3 Å². The highest BCUT2D eigenvalue weighted by molar-refractivity contribution is 5.53. The van der Waals surface area contributed by atoms with Crippen LogP contribution in [0.5, 0.6) is 0 Å². The van der Waals surface area contributed by atoms with Crippen molar-refractivity contribution in [3.05, 3.63) is 35.4 Å². The summed E-state index contributed by atoms with van der Waals surface area (Å²) in [6, 6.07) is 8.89. The monoisotopic (exact) mass is 244 g/mol. The Morgan fingerprint density at radius 3 is 2.33 bits per heavy atom. The summed E-state index contributed by atoms with van der Waals surface area (Å²) in [5.41, 5.74) is 2.74. The fourth-order valence-electron chi connectivity index (χ4n) is 2.96. The molecule has 1 fully saturated rings. The lowest BCUT2D eigenvalue weighted by Crippen LogP contribution is -2.09. The quantitative estimate of drug-likeness (QED) is 0.710. The van der Waals surface area contributed by atoms with Gasteiger partial charge in [-0.3, -0.25) is 0 Å². The Labute approximate surface area is 111 Å². The first-order valence-corrected chi connectivity index (χ1v) is 7.31. The summed E-state index contributed by atoms with van der Waals surface area (Å²) in [6.45, 7) is 1.98. The second-order valence-corrected chi connectivity index (χ2v) is 5.84. The van der Waals surface area contributed by atoms with Gasteiger partial charge in [0.25, 0.3) is 0 Å². The highest BCUT2D eigenvalue weighted by Gasteiger charge is 2.13. The number of aldehydes is 1.